The van der Waals surface area contributed by atoms with Crippen LogP contribution in [0.25, 0.3) is 0 Å². The van der Waals surface area contributed by atoms with Crippen LogP contribution in [0, 0.1) is 23.7 Å². The zero-order valence-corrected chi connectivity index (χ0v) is 6.44. The molecule has 0 N–H and O–H groups in total. The SMILES string of the molecule is O=C1C=C[C@@H]2[C@H]1[C@H]1C=C[C@@H]2C1=O. The van der Waals surface area contributed by atoms with E-state index in [1.807, 2.05) is 18.2 Å². The first-order valence-corrected chi connectivity index (χ1v) is 4.23. The van der Waals surface area contributed by atoms with Crippen molar-refractivity contribution in [1.82, 2.24) is 0 Å². The molecule has 0 unspecified atom stereocenters. The quantitative estimate of drug-likeness (QED) is 0.490. The van der Waals surface area contributed by atoms with E-state index in [1.54, 1.807) is 6.08 Å². The summed E-state index contributed by atoms with van der Waals surface area (Å²) in [5.41, 5.74) is 0. The second-order valence-electron chi connectivity index (χ2n) is 3.70. The Balaban J connectivity index is 2.13. The molecule has 1 fully saturated rings. The molecule has 2 heteroatoms. The van der Waals surface area contributed by atoms with Gasteiger partial charge in [-0.3, -0.25) is 9.59 Å². The van der Waals surface area contributed by atoms with Crippen LogP contribution in [0.4, 0.5) is 0 Å². The highest BCUT2D eigenvalue weighted by Gasteiger charge is 2.54. The van der Waals surface area contributed by atoms with Gasteiger partial charge in [-0.1, -0.05) is 18.2 Å². The van der Waals surface area contributed by atoms with E-state index in [0.717, 1.165) is 0 Å². The molecule has 0 aromatic carbocycles. The van der Waals surface area contributed by atoms with Crippen molar-refractivity contribution >= 4 is 11.6 Å². The fourth-order valence-corrected chi connectivity index (χ4v) is 2.65. The Bertz CT molecular complexity index is 338. The van der Waals surface area contributed by atoms with Gasteiger partial charge in [-0.05, 0) is 6.08 Å². The maximum Gasteiger partial charge on any atom is 0.160 e. The van der Waals surface area contributed by atoms with E-state index in [4.69, 9.17) is 0 Å². The Kier molecular flexibility index (Phi) is 0.932. The van der Waals surface area contributed by atoms with Crippen LogP contribution in [-0.4, -0.2) is 11.6 Å². The summed E-state index contributed by atoms with van der Waals surface area (Å²) >= 11 is 0. The Labute approximate surface area is 70.0 Å². The van der Waals surface area contributed by atoms with Gasteiger partial charge in [0.1, 0.15) is 5.78 Å². The van der Waals surface area contributed by atoms with E-state index in [1.165, 1.54) is 0 Å². The summed E-state index contributed by atoms with van der Waals surface area (Å²) in [6.45, 7) is 0. The zero-order chi connectivity index (χ0) is 8.29. The third-order valence-corrected chi connectivity index (χ3v) is 3.21. The van der Waals surface area contributed by atoms with Gasteiger partial charge in [-0.2, -0.15) is 0 Å². The van der Waals surface area contributed by atoms with Crippen molar-refractivity contribution in [2.45, 2.75) is 0 Å². The van der Waals surface area contributed by atoms with Gasteiger partial charge in [0, 0.05) is 23.7 Å². The highest BCUT2D eigenvalue weighted by atomic mass is 16.1. The van der Waals surface area contributed by atoms with Crippen molar-refractivity contribution in [3.63, 3.8) is 0 Å². The summed E-state index contributed by atoms with van der Waals surface area (Å²) in [6.07, 6.45) is 7.39. The molecule has 2 nitrogen and oxygen atoms in total. The number of carbonyl (C=O) groups excluding carboxylic acids is 2. The monoisotopic (exact) mass is 160 g/mol. The molecular formula is C10H8O2. The van der Waals surface area contributed by atoms with Gasteiger partial charge in [0.05, 0.1) is 0 Å². The fraction of sp³-hybridized carbons (Fsp3) is 0.400. The lowest BCUT2D eigenvalue weighted by Gasteiger charge is -2.15. The highest BCUT2D eigenvalue weighted by Crippen LogP contribution is 2.48. The minimum Gasteiger partial charge on any atom is -0.298 e. The molecule has 60 valence electrons. The van der Waals surface area contributed by atoms with Gasteiger partial charge in [0.25, 0.3) is 0 Å². The minimum atomic E-state index is -0.0949. The molecule has 3 aliphatic carbocycles. The molecule has 0 radical (unpaired) electrons. The summed E-state index contributed by atoms with van der Waals surface area (Å²) in [5.74, 6) is 0.477. The standard InChI is InChI=1S/C10H8O2/c11-8-4-3-5-6-1-2-7(9(5)8)10(6)12/h1-7,9H/t5-,6-,7+,9-/m0/s1. The molecule has 1 saturated carbocycles. The number of fused-ring (bicyclic) bond motifs is 5. The molecule has 3 aliphatic rings. The van der Waals surface area contributed by atoms with Crippen molar-refractivity contribution in [3.05, 3.63) is 24.3 Å². The molecule has 0 heterocycles. The van der Waals surface area contributed by atoms with Crippen LogP contribution in [-0.2, 0) is 9.59 Å². The first-order valence-electron chi connectivity index (χ1n) is 4.23. The highest BCUT2D eigenvalue weighted by molar-refractivity contribution is 6.05. The molecule has 2 bridgehead atoms. The first kappa shape index (κ1) is 6.35. The molecule has 0 aliphatic heterocycles. The van der Waals surface area contributed by atoms with Crippen molar-refractivity contribution in [2.75, 3.05) is 0 Å². The second-order valence-corrected chi connectivity index (χ2v) is 3.70. The van der Waals surface area contributed by atoms with E-state index in [0.29, 0.717) is 0 Å². The zero-order valence-electron chi connectivity index (χ0n) is 6.44. The maximum absolute atomic E-state index is 11.5. The summed E-state index contributed by atoms with van der Waals surface area (Å²) in [5, 5.41) is 0. The molecular weight excluding hydrogens is 152 g/mol. The predicted molar refractivity (Wildman–Crippen MR) is 42.3 cm³/mol. The molecule has 0 spiro atoms. The number of allylic oxidation sites excluding steroid dienone is 4. The lowest BCUT2D eigenvalue weighted by molar-refractivity contribution is -0.124. The Morgan fingerprint density at radius 2 is 1.75 bits per heavy atom. The number of ketones is 2. The number of hydrogen-bond donors (Lipinski definition) is 0. The lowest BCUT2D eigenvalue weighted by Crippen LogP contribution is -2.20. The molecule has 0 amide bonds. The van der Waals surface area contributed by atoms with Gasteiger partial charge < -0.3 is 0 Å². The Morgan fingerprint density at radius 3 is 2.50 bits per heavy atom. The molecule has 0 aromatic rings. The van der Waals surface area contributed by atoms with E-state index in [-0.39, 0.29) is 35.2 Å². The van der Waals surface area contributed by atoms with Gasteiger partial charge in [0.15, 0.2) is 5.78 Å². The first-order chi connectivity index (χ1) is 5.79. The molecule has 0 aromatic heterocycles. The minimum absolute atomic E-state index is 0.0164. The molecule has 4 atom stereocenters. The van der Waals surface area contributed by atoms with Crippen LogP contribution in [0.3, 0.4) is 0 Å². The number of carbonyl (C=O) groups is 2. The summed E-state index contributed by atoms with van der Waals surface area (Å²) in [7, 11) is 0. The van der Waals surface area contributed by atoms with Crippen molar-refractivity contribution in [1.29, 1.82) is 0 Å². The van der Waals surface area contributed by atoms with Crippen LogP contribution in [0.2, 0.25) is 0 Å². The van der Waals surface area contributed by atoms with Gasteiger partial charge in [0.2, 0.25) is 0 Å². The predicted octanol–water partition coefficient (Wildman–Crippen LogP) is 0.743. The van der Waals surface area contributed by atoms with Crippen molar-refractivity contribution < 1.29 is 9.59 Å². The Hall–Kier alpha value is -1.18. The van der Waals surface area contributed by atoms with E-state index < -0.39 is 0 Å². The molecule has 0 saturated heterocycles. The summed E-state index contributed by atoms with van der Waals surface area (Å²) in [6, 6.07) is 0. The van der Waals surface area contributed by atoms with Crippen LogP contribution >= 0.6 is 0 Å². The number of Topliss-reactive ketones (excluding diaryl/α,β-unsaturated/α-hetero) is 1. The largest absolute Gasteiger partial charge is 0.298 e. The number of rotatable bonds is 0. The van der Waals surface area contributed by atoms with Gasteiger partial charge in [-0.25, -0.2) is 0 Å². The lowest BCUT2D eigenvalue weighted by atomic mass is 9.85. The van der Waals surface area contributed by atoms with Gasteiger partial charge in [-0.15, -0.1) is 0 Å². The smallest absolute Gasteiger partial charge is 0.160 e. The summed E-state index contributed by atoms with van der Waals surface area (Å²) in [4.78, 5) is 22.8. The average molecular weight is 160 g/mol. The average Bonchev–Trinajstić information content (AvgIpc) is 2.66. The summed E-state index contributed by atoms with van der Waals surface area (Å²) < 4.78 is 0. The van der Waals surface area contributed by atoms with Crippen LogP contribution < -0.4 is 0 Å². The third-order valence-electron chi connectivity index (χ3n) is 3.21. The molecule has 3 rings (SSSR count). The van der Waals surface area contributed by atoms with E-state index in [2.05, 4.69) is 0 Å². The fourth-order valence-electron chi connectivity index (χ4n) is 2.65. The number of hydrogen-bond acceptors (Lipinski definition) is 2. The maximum atomic E-state index is 11.5. The van der Waals surface area contributed by atoms with E-state index in [9.17, 15) is 9.59 Å². The third kappa shape index (κ3) is 0.501. The normalized spacial score (nSPS) is 47.7. The van der Waals surface area contributed by atoms with Crippen LogP contribution in [0.15, 0.2) is 24.3 Å². The van der Waals surface area contributed by atoms with Crippen molar-refractivity contribution in [2.24, 2.45) is 23.7 Å². The Morgan fingerprint density at radius 1 is 1.00 bits per heavy atom. The van der Waals surface area contributed by atoms with Crippen LogP contribution in [0.5, 0.6) is 0 Å². The van der Waals surface area contributed by atoms with Crippen LogP contribution in [0.1, 0.15) is 0 Å². The second kappa shape index (κ2) is 1.76. The topological polar surface area (TPSA) is 34.1 Å². The molecule has 12 heavy (non-hydrogen) atoms. The van der Waals surface area contributed by atoms with E-state index >= 15 is 0 Å². The van der Waals surface area contributed by atoms with Crippen molar-refractivity contribution in [3.8, 4) is 0 Å². The van der Waals surface area contributed by atoms with Gasteiger partial charge >= 0.3 is 0 Å².